The summed E-state index contributed by atoms with van der Waals surface area (Å²) >= 11 is 1.24. The normalized spacial score (nSPS) is 14.5. The lowest BCUT2D eigenvalue weighted by atomic mass is 9.98. The Morgan fingerprint density at radius 3 is 2.50 bits per heavy atom. The van der Waals surface area contributed by atoms with Gasteiger partial charge in [-0.05, 0) is 60.7 Å². The number of aliphatic imine (C=N–C) groups is 1. The van der Waals surface area contributed by atoms with Crippen molar-refractivity contribution in [3.8, 4) is 22.8 Å². The van der Waals surface area contributed by atoms with Crippen LogP contribution < -0.4 is 15.0 Å². The molecule has 5 rings (SSSR count). The predicted octanol–water partition coefficient (Wildman–Crippen LogP) is 6.65. The van der Waals surface area contributed by atoms with Crippen LogP contribution in [0.3, 0.4) is 0 Å². The molecule has 1 aromatic heterocycles. The van der Waals surface area contributed by atoms with E-state index in [1.54, 1.807) is 0 Å². The van der Waals surface area contributed by atoms with E-state index in [1.165, 1.54) is 51.9 Å². The second-order valence-electron chi connectivity index (χ2n) is 10.4. The highest BCUT2D eigenvalue weighted by atomic mass is 32.2. The van der Waals surface area contributed by atoms with E-state index < -0.39 is 12.4 Å². The maximum atomic E-state index is 12.7. The van der Waals surface area contributed by atoms with Crippen molar-refractivity contribution in [2.24, 2.45) is 4.99 Å². The molecule has 1 aliphatic heterocycles. The molecule has 0 saturated carbocycles. The molecule has 0 atom stereocenters. The standard InChI is InChI=1S/C31H29F3N6O3S/c1-19(2)25-16-20(3)4-13-26(25)40-27(41)17-44-30(40)37-29(42)35-15-14-21-5-7-22(8-6-21)28-36-18-39(38-28)23-9-11-24(12-10-23)43-31(32,33)34/h4-13,16,18-19H,14-15,17H2,1-3H3,(H,35,42)/b37-30-. The Morgan fingerprint density at radius 2 is 1.82 bits per heavy atom. The van der Waals surface area contributed by atoms with Crippen molar-refractivity contribution in [3.05, 3.63) is 89.7 Å². The molecule has 1 fully saturated rings. The molecule has 2 heterocycles. The summed E-state index contributed by atoms with van der Waals surface area (Å²) in [4.78, 5) is 35.4. The number of thioether (sulfide) groups is 1. The number of amides is 3. The molecule has 3 amide bonds. The second-order valence-corrected chi connectivity index (χ2v) is 11.3. The number of nitrogens with zero attached hydrogens (tertiary/aromatic N) is 5. The van der Waals surface area contributed by atoms with Crippen molar-refractivity contribution in [2.75, 3.05) is 17.2 Å². The molecule has 9 nitrogen and oxygen atoms in total. The minimum absolute atomic E-state index is 0.111. The number of nitrogens with one attached hydrogen (secondary N) is 1. The Bertz CT molecular complexity index is 1690. The van der Waals surface area contributed by atoms with E-state index in [1.807, 2.05) is 43.3 Å². The molecule has 44 heavy (non-hydrogen) atoms. The average Bonchev–Trinajstić information content (AvgIpc) is 3.60. The molecular formula is C31H29F3N6O3S. The third-order valence-corrected chi connectivity index (χ3v) is 7.66. The summed E-state index contributed by atoms with van der Waals surface area (Å²) in [5.41, 5.74) is 5.11. The Morgan fingerprint density at radius 1 is 1.09 bits per heavy atom. The van der Waals surface area contributed by atoms with E-state index in [-0.39, 0.29) is 23.3 Å². The van der Waals surface area contributed by atoms with Crippen LogP contribution >= 0.6 is 11.8 Å². The molecule has 1 saturated heterocycles. The number of hydrogen-bond donors (Lipinski definition) is 1. The van der Waals surface area contributed by atoms with Crippen LogP contribution in [0.25, 0.3) is 17.1 Å². The molecule has 1 aliphatic rings. The van der Waals surface area contributed by atoms with Gasteiger partial charge in [0.25, 0.3) is 0 Å². The predicted molar refractivity (Wildman–Crippen MR) is 163 cm³/mol. The van der Waals surface area contributed by atoms with Gasteiger partial charge in [-0.1, -0.05) is 67.6 Å². The number of urea groups is 1. The van der Waals surface area contributed by atoms with Crippen molar-refractivity contribution in [1.82, 2.24) is 20.1 Å². The number of amidine groups is 1. The summed E-state index contributed by atoms with van der Waals surface area (Å²) in [5.74, 6) is 0.426. The number of benzene rings is 3. The number of halogens is 3. The van der Waals surface area contributed by atoms with Crippen LogP contribution in [0.2, 0.25) is 0 Å². The molecule has 4 aromatic rings. The van der Waals surface area contributed by atoms with Gasteiger partial charge in [-0.2, -0.15) is 4.99 Å². The number of carbonyl (C=O) groups excluding carboxylic acids is 2. The Hall–Kier alpha value is -4.65. The first-order valence-electron chi connectivity index (χ1n) is 13.8. The molecule has 0 radical (unpaired) electrons. The minimum Gasteiger partial charge on any atom is -0.406 e. The van der Waals surface area contributed by atoms with E-state index in [0.717, 1.165) is 27.9 Å². The van der Waals surface area contributed by atoms with Crippen LogP contribution in [0.1, 0.15) is 36.5 Å². The van der Waals surface area contributed by atoms with Gasteiger partial charge in [-0.3, -0.25) is 9.69 Å². The number of hydrogen-bond acceptors (Lipinski definition) is 6. The molecule has 0 spiro atoms. The van der Waals surface area contributed by atoms with Crippen molar-refractivity contribution >= 4 is 34.6 Å². The SMILES string of the molecule is Cc1ccc(N2C(=O)CS/C2=N\C(=O)NCCc2ccc(-c3ncn(-c4ccc(OC(F)(F)F)cc4)n3)cc2)c(C(C)C)c1. The molecule has 0 unspecified atom stereocenters. The van der Waals surface area contributed by atoms with Crippen LogP contribution in [0.4, 0.5) is 23.7 Å². The maximum absolute atomic E-state index is 12.7. The first kappa shape index (κ1) is 30.8. The smallest absolute Gasteiger partial charge is 0.406 e. The largest absolute Gasteiger partial charge is 0.573 e. The van der Waals surface area contributed by atoms with Crippen LogP contribution in [0, 0.1) is 6.92 Å². The number of rotatable bonds is 8. The van der Waals surface area contributed by atoms with Gasteiger partial charge in [0.2, 0.25) is 5.91 Å². The van der Waals surface area contributed by atoms with Crippen molar-refractivity contribution < 1.29 is 27.5 Å². The quantitative estimate of drug-likeness (QED) is 0.236. The zero-order valence-corrected chi connectivity index (χ0v) is 24.9. The van der Waals surface area contributed by atoms with Gasteiger partial charge in [0.1, 0.15) is 12.1 Å². The fraction of sp³-hybridized carbons (Fsp3) is 0.258. The Labute approximate surface area is 256 Å². The van der Waals surface area contributed by atoms with E-state index in [4.69, 9.17) is 0 Å². The topological polar surface area (TPSA) is 102 Å². The van der Waals surface area contributed by atoms with Crippen molar-refractivity contribution in [3.63, 3.8) is 0 Å². The maximum Gasteiger partial charge on any atom is 0.573 e. The van der Waals surface area contributed by atoms with Gasteiger partial charge >= 0.3 is 12.4 Å². The highest BCUT2D eigenvalue weighted by Crippen LogP contribution is 2.34. The molecule has 1 N–H and O–H groups in total. The lowest BCUT2D eigenvalue weighted by Crippen LogP contribution is -2.32. The second kappa shape index (κ2) is 12.9. The number of anilines is 1. The molecule has 228 valence electrons. The monoisotopic (exact) mass is 622 g/mol. The summed E-state index contributed by atoms with van der Waals surface area (Å²) in [7, 11) is 0. The summed E-state index contributed by atoms with van der Waals surface area (Å²) < 4.78 is 42.5. The van der Waals surface area contributed by atoms with Gasteiger partial charge in [0, 0.05) is 12.1 Å². The summed E-state index contributed by atoms with van der Waals surface area (Å²) in [6, 6.07) is 18.2. The van der Waals surface area contributed by atoms with Gasteiger partial charge < -0.3 is 10.1 Å². The number of alkyl halides is 3. The summed E-state index contributed by atoms with van der Waals surface area (Å²) in [6.45, 7) is 6.47. The summed E-state index contributed by atoms with van der Waals surface area (Å²) in [5, 5.41) is 7.57. The van der Waals surface area contributed by atoms with E-state index >= 15 is 0 Å². The summed E-state index contributed by atoms with van der Waals surface area (Å²) in [6.07, 6.45) is -2.73. The highest BCUT2D eigenvalue weighted by molar-refractivity contribution is 8.15. The Kier molecular flexibility index (Phi) is 9.04. The molecule has 3 aromatic carbocycles. The van der Waals surface area contributed by atoms with Crippen molar-refractivity contribution in [2.45, 2.75) is 39.5 Å². The molecule has 0 aliphatic carbocycles. The number of ether oxygens (including phenoxy) is 1. The first-order valence-corrected chi connectivity index (χ1v) is 14.8. The van der Waals surface area contributed by atoms with Crippen molar-refractivity contribution in [1.29, 1.82) is 0 Å². The van der Waals surface area contributed by atoms with Crippen LogP contribution in [-0.2, 0) is 11.2 Å². The van der Waals surface area contributed by atoms with Gasteiger partial charge in [-0.15, -0.1) is 18.3 Å². The molecular weight excluding hydrogens is 593 g/mol. The van der Waals surface area contributed by atoms with Gasteiger partial charge in [0.15, 0.2) is 11.0 Å². The van der Waals surface area contributed by atoms with E-state index in [0.29, 0.717) is 29.6 Å². The lowest BCUT2D eigenvalue weighted by Gasteiger charge is -2.22. The lowest BCUT2D eigenvalue weighted by molar-refractivity contribution is -0.274. The number of carbonyl (C=O) groups is 2. The number of aryl methyl sites for hydroxylation is 1. The van der Waals surface area contributed by atoms with Crippen LogP contribution in [0.5, 0.6) is 5.75 Å². The van der Waals surface area contributed by atoms with Crippen LogP contribution in [-0.4, -0.2) is 50.5 Å². The molecule has 13 heteroatoms. The first-order chi connectivity index (χ1) is 21.0. The minimum atomic E-state index is -4.76. The molecule has 0 bridgehead atoms. The number of aromatic nitrogens is 3. The third kappa shape index (κ3) is 7.46. The Balaban J connectivity index is 1.17. The fourth-order valence-corrected chi connectivity index (χ4v) is 5.46. The third-order valence-electron chi connectivity index (χ3n) is 6.74. The highest BCUT2D eigenvalue weighted by Gasteiger charge is 2.32. The average molecular weight is 623 g/mol. The van der Waals surface area contributed by atoms with E-state index in [9.17, 15) is 22.8 Å². The van der Waals surface area contributed by atoms with Gasteiger partial charge in [-0.25, -0.2) is 14.5 Å². The van der Waals surface area contributed by atoms with E-state index in [2.05, 4.69) is 45.0 Å². The fourth-order valence-electron chi connectivity index (χ4n) is 4.60. The van der Waals surface area contributed by atoms with Crippen LogP contribution in [0.15, 0.2) is 78.0 Å². The van der Waals surface area contributed by atoms with Gasteiger partial charge in [0.05, 0.1) is 17.1 Å². The zero-order valence-electron chi connectivity index (χ0n) is 24.1. The zero-order chi connectivity index (χ0) is 31.4.